The van der Waals surface area contributed by atoms with Gasteiger partial charge in [0.15, 0.2) is 16.6 Å². The van der Waals surface area contributed by atoms with E-state index in [0.717, 1.165) is 5.56 Å². The van der Waals surface area contributed by atoms with E-state index in [9.17, 15) is 5.11 Å². The van der Waals surface area contributed by atoms with Gasteiger partial charge in [0.2, 0.25) is 0 Å². The predicted molar refractivity (Wildman–Crippen MR) is 92.6 cm³/mol. The largest absolute Gasteiger partial charge is 0.504 e. The number of phenolic OH excluding ortho intramolecular Hbond substituents is 1. The SMILES string of the molecule is CCOc1cc(/C=N\NC(=S)NC2CCCCC2)ccc1O. The molecule has 0 bridgehead atoms. The fourth-order valence-electron chi connectivity index (χ4n) is 2.51. The maximum atomic E-state index is 9.65. The van der Waals surface area contributed by atoms with Crippen molar-refractivity contribution in [3.05, 3.63) is 23.8 Å². The molecule has 0 atom stereocenters. The topological polar surface area (TPSA) is 65.9 Å². The first-order valence-electron chi connectivity index (χ1n) is 7.74. The van der Waals surface area contributed by atoms with Gasteiger partial charge in [0, 0.05) is 6.04 Å². The minimum absolute atomic E-state index is 0.126. The fourth-order valence-corrected chi connectivity index (χ4v) is 2.73. The molecule has 120 valence electrons. The summed E-state index contributed by atoms with van der Waals surface area (Å²) >= 11 is 5.24. The number of aromatic hydroxyl groups is 1. The highest BCUT2D eigenvalue weighted by Gasteiger charge is 2.13. The first kappa shape index (κ1) is 16.5. The van der Waals surface area contributed by atoms with Crippen molar-refractivity contribution in [1.29, 1.82) is 0 Å². The summed E-state index contributed by atoms with van der Waals surface area (Å²) in [6.07, 6.45) is 7.83. The van der Waals surface area contributed by atoms with Gasteiger partial charge in [-0.2, -0.15) is 5.10 Å². The van der Waals surface area contributed by atoms with Gasteiger partial charge in [-0.05, 0) is 55.7 Å². The molecule has 5 nitrogen and oxygen atoms in total. The smallest absolute Gasteiger partial charge is 0.187 e. The molecule has 1 fully saturated rings. The second kappa shape index (κ2) is 8.58. The predicted octanol–water partition coefficient (Wildman–Crippen LogP) is 2.92. The molecule has 0 unspecified atom stereocenters. The van der Waals surface area contributed by atoms with Crippen LogP contribution in [0.1, 0.15) is 44.6 Å². The van der Waals surface area contributed by atoms with Crippen molar-refractivity contribution in [3.8, 4) is 11.5 Å². The number of hydrogen-bond acceptors (Lipinski definition) is 4. The minimum atomic E-state index is 0.126. The quantitative estimate of drug-likeness (QED) is 0.442. The third kappa shape index (κ3) is 5.18. The summed E-state index contributed by atoms with van der Waals surface area (Å²) in [7, 11) is 0. The van der Waals surface area contributed by atoms with Crippen molar-refractivity contribution in [1.82, 2.24) is 10.7 Å². The van der Waals surface area contributed by atoms with Gasteiger partial charge in [-0.15, -0.1) is 0 Å². The van der Waals surface area contributed by atoms with Crippen LogP contribution in [-0.4, -0.2) is 29.1 Å². The van der Waals surface area contributed by atoms with Gasteiger partial charge in [0.25, 0.3) is 0 Å². The van der Waals surface area contributed by atoms with E-state index < -0.39 is 0 Å². The maximum absolute atomic E-state index is 9.65. The van der Waals surface area contributed by atoms with Crippen LogP contribution >= 0.6 is 12.2 Å². The summed E-state index contributed by atoms with van der Waals surface area (Å²) in [5.74, 6) is 0.579. The summed E-state index contributed by atoms with van der Waals surface area (Å²) in [4.78, 5) is 0. The van der Waals surface area contributed by atoms with E-state index in [1.807, 2.05) is 6.92 Å². The first-order valence-corrected chi connectivity index (χ1v) is 8.15. The molecule has 0 aliphatic heterocycles. The van der Waals surface area contributed by atoms with Crippen LogP contribution in [0.15, 0.2) is 23.3 Å². The number of rotatable bonds is 5. The molecule has 1 aromatic rings. The van der Waals surface area contributed by atoms with Crippen LogP contribution in [-0.2, 0) is 0 Å². The Bertz CT molecular complexity index is 528. The highest BCUT2D eigenvalue weighted by molar-refractivity contribution is 7.80. The van der Waals surface area contributed by atoms with Crippen molar-refractivity contribution in [3.63, 3.8) is 0 Å². The number of benzene rings is 1. The molecular formula is C16H23N3O2S. The van der Waals surface area contributed by atoms with Crippen molar-refractivity contribution in [2.24, 2.45) is 5.10 Å². The summed E-state index contributed by atoms with van der Waals surface area (Å²) in [6, 6.07) is 5.55. The van der Waals surface area contributed by atoms with Crippen LogP contribution in [0.5, 0.6) is 11.5 Å². The molecule has 0 heterocycles. The Morgan fingerprint density at radius 2 is 2.18 bits per heavy atom. The van der Waals surface area contributed by atoms with Crippen LogP contribution in [0.25, 0.3) is 0 Å². The molecule has 6 heteroatoms. The standard InChI is InChI=1S/C16H23N3O2S/c1-2-21-15-10-12(8-9-14(15)20)11-17-19-16(22)18-13-6-4-3-5-7-13/h8-11,13,20H,2-7H2,1H3,(H2,18,19,22)/b17-11-. The number of thiocarbonyl (C=S) groups is 1. The van der Waals surface area contributed by atoms with E-state index in [1.54, 1.807) is 24.4 Å². The second-order valence-electron chi connectivity index (χ2n) is 5.34. The number of hydrogen-bond donors (Lipinski definition) is 3. The molecule has 0 amide bonds. The Balaban J connectivity index is 1.83. The van der Waals surface area contributed by atoms with Gasteiger partial charge in [0.1, 0.15) is 0 Å². The van der Waals surface area contributed by atoms with Gasteiger partial charge in [-0.3, -0.25) is 5.43 Å². The van der Waals surface area contributed by atoms with Crippen molar-refractivity contribution < 1.29 is 9.84 Å². The van der Waals surface area contributed by atoms with Crippen LogP contribution in [0.2, 0.25) is 0 Å². The normalized spacial score (nSPS) is 15.7. The number of nitrogens with zero attached hydrogens (tertiary/aromatic N) is 1. The van der Waals surface area contributed by atoms with Crippen LogP contribution in [0, 0.1) is 0 Å². The van der Waals surface area contributed by atoms with Crippen molar-refractivity contribution >= 4 is 23.5 Å². The zero-order valence-corrected chi connectivity index (χ0v) is 13.7. The Hall–Kier alpha value is -1.82. The molecule has 0 saturated heterocycles. The molecule has 0 spiro atoms. The zero-order valence-electron chi connectivity index (χ0n) is 12.8. The lowest BCUT2D eigenvalue weighted by Gasteiger charge is -2.23. The van der Waals surface area contributed by atoms with E-state index in [1.165, 1.54) is 32.1 Å². The monoisotopic (exact) mass is 321 g/mol. The lowest BCUT2D eigenvalue weighted by Crippen LogP contribution is -2.40. The Kier molecular flexibility index (Phi) is 6.45. The highest BCUT2D eigenvalue weighted by Crippen LogP contribution is 2.26. The third-order valence-corrected chi connectivity index (χ3v) is 3.81. The Morgan fingerprint density at radius 3 is 2.91 bits per heavy atom. The molecule has 1 saturated carbocycles. The Labute approximate surface area is 136 Å². The molecule has 1 aliphatic carbocycles. The number of nitrogens with one attached hydrogen (secondary N) is 2. The van der Waals surface area contributed by atoms with Crippen LogP contribution in [0.3, 0.4) is 0 Å². The lowest BCUT2D eigenvalue weighted by molar-refractivity contribution is 0.318. The average molecular weight is 321 g/mol. The van der Waals surface area contributed by atoms with Crippen molar-refractivity contribution in [2.75, 3.05) is 6.61 Å². The summed E-state index contributed by atoms with van der Waals surface area (Å²) < 4.78 is 5.34. The first-order chi connectivity index (χ1) is 10.7. The highest BCUT2D eigenvalue weighted by atomic mass is 32.1. The molecule has 22 heavy (non-hydrogen) atoms. The van der Waals surface area contributed by atoms with E-state index in [-0.39, 0.29) is 5.75 Å². The molecule has 1 aliphatic rings. The minimum Gasteiger partial charge on any atom is -0.504 e. The van der Waals surface area contributed by atoms with Crippen LogP contribution < -0.4 is 15.5 Å². The molecule has 0 radical (unpaired) electrons. The molecule has 3 N–H and O–H groups in total. The number of hydrazone groups is 1. The van der Waals surface area contributed by atoms with E-state index >= 15 is 0 Å². The van der Waals surface area contributed by atoms with Gasteiger partial charge in [0.05, 0.1) is 12.8 Å². The summed E-state index contributed by atoms with van der Waals surface area (Å²) in [6.45, 7) is 2.37. The van der Waals surface area contributed by atoms with Crippen LogP contribution in [0.4, 0.5) is 0 Å². The number of ether oxygens (including phenoxy) is 1. The average Bonchev–Trinajstić information content (AvgIpc) is 2.51. The van der Waals surface area contributed by atoms with E-state index in [2.05, 4.69) is 15.8 Å². The maximum Gasteiger partial charge on any atom is 0.187 e. The van der Waals surface area contributed by atoms with Gasteiger partial charge < -0.3 is 15.2 Å². The zero-order chi connectivity index (χ0) is 15.8. The van der Waals surface area contributed by atoms with Gasteiger partial charge in [-0.25, -0.2) is 0 Å². The van der Waals surface area contributed by atoms with Gasteiger partial charge >= 0.3 is 0 Å². The Morgan fingerprint density at radius 1 is 1.41 bits per heavy atom. The van der Waals surface area contributed by atoms with E-state index in [0.29, 0.717) is 23.5 Å². The molecule has 2 rings (SSSR count). The summed E-state index contributed by atoms with van der Waals surface area (Å²) in [5, 5.41) is 17.6. The second-order valence-corrected chi connectivity index (χ2v) is 5.75. The van der Waals surface area contributed by atoms with E-state index in [4.69, 9.17) is 17.0 Å². The third-order valence-electron chi connectivity index (χ3n) is 3.60. The molecule has 0 aromatic heterocycles. The fraction of sp³-hybridized carbons (Fsp3) is 0.500. The summed E-state index contributed by atoms with van der Waals surface area (Å²) in [5.41, 5.74) is 3.66. The molecular weight excluding hydrogens is 298 g/mol. The van der Waals surface area contributed by atoms with Crippen molar-refractivity contribution in [2.45, 2.75) is 45.1 Å². The van der Waals surface area contributed by atoms with Gasteiger partial charge in [-0.1, -0.05) is 19.3 Å². The number of phenols is 1. The molecule has 1 aromatic carbocycles. The lowest BCUT2D eigenvalue weighted by atomic mass is 9.96.